The van der Waals surface area contributed by atoms with Crippen molar-refractivity contribution in [2.75, 3.05) is 19.7 Å². The lowest BCUT2D eigenvalue weighted by molar-refractivity contribution is -0.0279. The first kappa shape index (κ1) is 16.0. The molecule has 1 fully saturated rings. The number of hydrogen-bond donors (Lipinski definition) is 0. The molecule has 7 heteroatoms. The number of aromatic nitrogens is 2. The van der Waals surface area contributed by atoms with Crippen LogP contribution < -0.4 is 0 Å². The van der Waals surface area contributed by atoms with E-state index in [0.717, 1.165) is 11.5 Å². The van der Waals surface area contributed by atoms with Crippen molar-refractivity contribution in [2.24, 2.45) is 7.05 Å². The summed E-state index contributed by atoms with van der Waals surface area (Å²) < 4.78 is 20.9. The molecular formula is C16H17ClFN3O2. The summed E-state index contributed by atoms with van der Waals surface area (Å²) in [6, 6.07) is 4.00. The summed E-state index contributed by atoms with van der Waals surface area (Å²) in [7, 11) is 1.90. The van der Waals surface area contributed by atoms with E-state index in [-0.39, 0.29) is 17.0 Å². The molecule has 0 bridgehead atoms. The van der Waals surface area contributed by atoms with Gasteiger partial charge in [0.1, 0.15) is 17.7 Å². The normalized spacial score (nSPS) is 18.3. The van der Waals surface area contributed by atoms with Gasteiger partial charge in [-0.15, -0.1) is 0 Å². The molecule has 0 spiro atoms. The number of hydrogen-bond acceptors (Lipinski definition) is 3. The van der Waals surface area contributed by atoms with Gasteiger partial charge in [-0.3, -0.25) is 4.79 Å². The van der Waals surface area contributed by atoms with Gasteiger partial charge in [-0.1, -0.05) is 11.6 Å². The molecular weight excluding hydrogens is 321 g/mol. The highest BCUT2D eigenvalue weighted by atomic mass is 35.5. The number of benzene rings is 1. The number of ether oxygens (including phenoxy) is 1. The number of aryl methyl sites for hydroxylation is 2. The van der Waals surface area contributed by atoms with E-state index in [1.807, 2.05) is 24.7 Å². The minimum Gasteiger partial charge on any atom is -0.367 e. The van der Waals surface area contributed by atoms with E-state index in [1.165, 1.54) is 18.2 Å². The van der Waals surface area contributed by atoms with Gasteiger partial charge in [0.15, 0.2) is 0 Å². The Morgan fingerprint density at radius 2 is 2.26 bits per heavy atom. The van der Waals surface area contributed by atoms with E-state index in [4.69, 9.17) is 16.3 Å². The van der Waals surface area contributed by atoms with Crippen molar-refractivity contribution in [2.45, 2.75) is 13.0 Å². The first-order chi connectivity index (χ1) is 11.0. The van der Waals surface area contributed by atoms with Gasteiger partial charge in [0, 0.05) is 25.4 Å². The SMILES string of the molecule is Cc1cn(C)c([C@H]2CN(C(=O)c3ccc(F)c(Cl)c3)CCO2)n1. The Balaban J connectivity index is 1.79. The molecule has 1 aliphatic rings. The van der Waals surface area contributed by atoms with Gasteiger partial charge in [-0.05, 0) is 25.1 Å². The monoisotopic (exact) mass is 337 g/mol. The summed E-state index contributed by atoms with van der Waals surface area (Å²) in [5, 5.41) is -0.0552. The van der Waals surface area contributed by atoms with E-state index in [0.29, 0.717) is 25.3 Å². The van der Waals surface area contributed by atoms with Crippen molar-refractivity contribution in [3.63, 3.8) is 0 Å². The zero-order valence-corrected chi connectivity index (χ0v) is 13.7. The highest BCUT2D eigenvalue weighted by Gasteiger charge is 2.28. The molecule has 0 aliphatic carbocycles. The fourth-order valence-electron chi connectivity index (χ4n) is 2.74. The largest absolute Gasteiger partial charge is 0.367 e. The fraction of sp³-hybridized carbons (Fsp3) is 0.375. The van der Waals surface area contributed by atoms with Crippen molar-refractivity contribution in [1.82, 2.24) is 14.5 Å². The van der Waals surface area contributed by atoms with Crippen LogP contribution in [-0.4, -0.2) is 40.1 Å². The van der Waals surface area contributed by atoms with Crippen molar-refractivity contribution in [1.29, 1.82) is 0 Å². The molecule has 1 atom stereocenters. The third kappa shape index (κ3) is 3.23. The maximum absolute atomic E-state index is 13.2. The van der Waals surface area contributed by atoms with Crippen LogP contribution in [0.15, 0.2) is 24.4 Å². The predicted octanol–water partition coefficient (Wildman–Crippen LogP) is 2.73. The second-order valence-corrected chi connectivity index (χ2v) is 6.00. The summed E-state index contributed by atoms with van der Waals surface area (Å²) in [6.45, 7) is 3.22. The molecule has 1 aromatic carbocycles. The van der Waals surface area contributed by atoms with Crippen molar-refractivity contribution in [3.05, 3.63) is 52.3 Å². The zero-order chi connectivity index (χ0) is 16.6. The first-order valence-electron chi connectivity index (χ1n) is 7.31. The number of rotatable bonds is 2. The van der Waals surface area contributed by atoms with Crippen LogP contribution in [0.3, 0.4) is 0 Å². The molecule has 1 saturated heterocycles. The van der Waals surface area contributed by atoms with Crippen LogP contribution >= 0.6 is 11.6 Å². The minimum absolute atomic E-state index is 0.0552. The van der Waals surface area contributed by atoms with Gasteiger partial charge in [0.2, 0.25) is 0 Å². The lowest BCUT2D eigenvalue weighted by Gasteiger charge is -2.32. The molecule has 122 valence electrons. The van der Waals surface area contributed by atoms with E-state index in [9.17, 15) is 9.18 Å². The molecule has 0 saturated carbocycles. The lowest BCUT2D eigenvalue weighted by atomic mass is 10.1. The number of nitrogens with zero attached hydrogens (tertiary/aromatic N) is 3. The van der Waals surface area contributed by atoms with Gasteiger partial charge in [0.25, 0.3) is 5.91 Å². The number of carbonyl (C=O) groups is 1. The highest BCUT2D eigenvalue weighted by molar-refractivity contribution is 6.31. The molecule has 0 unspecified atom stereocenters. The first-order valence-corrected chi connectivity index (χ1v) is 7.69. The Labute approximate surface area is 138 Å². The third-order valence-electron chi connectivity index (χ3n) is 3.84. The summed E-state index contributed by atoms with van der Waals surface area (Å²) in [4.78, 5) is 18.7. The van der Waals surface area contributed by atoms with Crippen molar-refractivity contribution < 1.29 is 13.9 Å². The Bertz CT molecular complexity index is 747. The Kier molecular flexibility index (Phi) is 4.37. The topological polar surface area (TPSA) is 47.4 Å². The van der Waals surface area contributed by atoms with Crippen LogP contribution in [0.25, 0.3) is 0 Å². The quantitative estimate of drug-likeness (QED) is 0.846. The molecule has 5 nitrogen and oxygen atoms in total. The molecule has 0 radical (unpaired) electrons. The minimum atomic E-state index is -0.536. The van der Waals surface area contributed by atoms with Gasteiger partial charge in [-0.2, -0.15) is 0 Å². The van der Waals surface area contributed by atoms with E-state index in [1.54, 1.807) is 4.90 Å². The van der Waals surface area contributed by atoms with Crippen LogP contribution in [0.5, 0.6) is 0 Å². The summed E-state index contributed by atoms with van der Waals surface area (Å²) in [5.74, 6) is 0.0647. The molecule has 2 aromatic rings. The Morgan fingerprint density at radius 1 is 1.48 bits per heavy atom. The Morgan fingerprint density at radius 3 is 2.91 bits per heavy atom. The molecule has 1 amide bonds. The number of amides is 1. The summed E-state index contributed by atoms with van der Waals surface area (Å²) >= 11 is 5.76. The second kappa shape index (κ2) is 6.29. The number of morpholine rings is 1. The van der Waals surface area contributed by atoms with Crippen LogP contribution in [0.4, 0.5) is 4.39 Å². The molecule has 0 N–H and O–H groups in total. The standard InChI is InChI=1S/C16H17ClFN3O2/c1-10-8-20(2)15(19-10)14-9-21(5-6-23-14)16(22)11-3-4-13(18)12(17)7-11/h3-4,7-8,14H,5-6,9H2,1-2H3/t14-/m1/s1. The third-order valence-corrected chi connectivity index (χ3v) is 4.13. The van der Waals surface area contributed by atoms with E-state index < -0.39 is 5.82 Å². The molecule has 2 heterocycles. The van der Waals surface area contributed by atoms with Crippen molar-refractivity contribution in [3.8, 4) is 0 Å². The van der Waals surface area contributed by atoms with Crippen LogP contribution in [0.1, 0.15) is 28.0 Å². The summed E-state index contributed by atoms with van der Waals surface area (Å²) in [6.07, 6.45) is 1.64. The fourth-order valence-corrected chi connectivity index (χ4v) is 2.92. The number of imidazole rings is 1. The maximum Gasteiger partial charge on any atom is 0.254 e. The average molecular weight is 338 g/mol. The summed E-state index contributed by atoms with van der Waals surface area (Å²) in [5.41, 5.74) is 1.27. The molecule has 23 heavy (non-hydrogen) atoms. The maximum atomic E-state index is 13.2. The average Bonchev–Trinajstić information content (AvgIpc) is 2.88. The predicted molar refractivity (Wildman–Crippen MR) is 84.0 cm³/mol. The van der Waals surface area contributed by atoms with Gasteiger partial charge in [0.05, 0.1) is 23.9 Å². The number of carbonyl (C=O) groups excluding carboxylic acids is 1. The van der Waals surface area contributed by atoms with Crippen LogP contribution in [0.2, 0.25) is 5.02 Å². The van der Waals surface area contributed by atoms with Gasteiger partial charge < -0.3 is 14.2 Å². The zero-order valence-electron chi connectivity index (χ0n) is 12.9. The number of halogens is 2. The van der Waals surface area contributed by atoms with Crippen LogP contribution in [-0.2, 0) is 11.8 Å². The van der Waals surface area contributed by atoms with Crippen molar-refractivity contribution >= 4 is 17.5 Å². The Hall–Kier alpha value is -1.92. The van der Waals surface area contributed by atoms with Gasteiger partial charge in [-0.25, -0.2) is 9.37 Å². The van der Waals surface area contributed by atoms with Gasteiger partial charge >= 0.3 is 0 Å². The smallest absolute Gasteiger partial charge is 0.254 e. The molecule has 1 aliphatic heterocycles. The second-order valence-electron chi connectivity index (χ2n) is 5.59. The van der Waals surface area contributed by atoms with Crippen LogP contribution in [0, 0.1) is 12.7 Å². The van der Waals surface area contributed by atoms with E-state index in [2.05, 4.69) is 4.98 Å². The highest BCUT2D eigenvalue weighted by Crippen LogP contribution is 2.24. The van der Waals surface area contributed by atoms with E-state index >= 15 is 0 Å². The lowest BCUT2D eigenvalue weighted by Crippen LogP contribution is -2.42. The molecule has 3 rings (SSSR count). The molecule has 1 aromatic heterocycles.